The van der Waals surface area contributed by atoms with Crippen LogP contribution < -0.4 is 0 Å². The lowest BCUT2D eigenvalue weighted by molar-refractivity contribution is -0.137. The summed E-state index contributed by atoms with van der Waals surface area (Å²) in [4.78, 5) is 0. The van der Waals surface area contributed by atoms with E-state index in [9.17, 15) is 13.2 Å². The molecule has 0 saturated heterocycles. The maximum Gasteiger partial charge on any atom is 0.417 e. The molecule has 0 aliphatic carbocycles. The second kappa shape index (κ2) is 4.94. The monoisotopic (exact) mass is 333 g/mol. The second-order valence-corrected chi connectivity index (χ2v) is 4.87. The normalized spacial score (nSPS) is 11.6. The number of alkyl halides is 3. The van der Waals surface area contributed by atoms with E-state index in [-0.39, 0.29) is 5.56 Å². The van der Waals surface area contributed by atoms with E-state index in [0.29, 0.717) is 15.1 Å². The van der Waals surface area contributed by atoms with Crippen molar-refractivity contribution in [2.24, 2.45) is 0 Å². The summed E-state index contributed by atoms with van der Waals surface area (Å²) in [6, 6.07) is 11.1. The first-order valence-corrected chi connectivity index (χ1v) is 6.10. The quantitative estimate of drug-likeness (QED) is 0.638. The highest BCUT2D eigenvalue weighted by atomic mass is 79.9. The Morgan fingerprint density at radius 1 is 1.11 bits per heavy atom. The molecule has 0 atom stereocenters. The minimum Gasteiger partial charge on any atom is -0.166 e. The van der Waals surface area contributed by atoms with Crippen LogP contribution >= 0.6 is 27.5 Å². The van der Waals surface area contributed by atoms with Gasteiger partial charge in [-0.3, -0.25) is 0 Å². The molecule has 0 heterocycles. The molecule has 0 fully saturated rings. The first kappa shape index (κ1) is 13.4. The third-order valence-corrected chi connectivity index (χ3v) is 3.25. The second-order valence-electron chi connectivity index (χ2n) is 3.58. The molecule has 0 aromatic heterocycles. The Bertz CT molecular complexity index is 579. The molecular weight excluding hydrogens is 328 g/mol. The van der Waals surface area contributed by atoms with Gasteiger partial charge in [-0.05, 0) is 29.3 Å². The molecule has 5 heteroatoms. The SMILES string of the molecule is FC(F)(F)c1[c]cccc1-c1ccc(Cl)cc1Br. The Morgan fingerprint density at radius 2 is 1.83 bits per heavy atom. The van der Waals surface area contributed by atoms with E-state index in [1.807, 2.05) is 0 Å². The highest BCUT2D eigenvalue weighted by molar-refractivity contribution is 9.10. The minimum atomic E-state index is -4.43. The van der Waals surface area contributed by atoms with Gasteiger partial charge >= 0.3 is 6.18 Å². The van der Waals surface area contributed by atoms with Gasteiger partial charge in [-0.25, -0.2) is 0 Å². The summed E-state index contributed by atoms with van der Waals surface area (Å²) < 4.78 is 39.1. The Labute approximate surface area is 116 Å². The first-order valence-electron chi connectivity index (χ1n) is 4.93. The van der Waals surface area contributed by atoms with Crippen LogP contribution in [0.4, 0.5) is 13.2 Å². The van der Waals surface area contributed by atoms with E-state index in [4.69, 9.17) is 11.6 Å². The molecule has 18 heavy (non-hydrogen) atoms. The lowest BCUT2D eigenvalue weighted by atomic mass is 9.99. The minimum absolute atomic E-state index is 0.0774. The van der Waals surface area contributed by atoms with Crippen molar-refractivity contribution in [1.29, 1.82) is 0 Å². The predicted octanol–water partition coefficient (Wildman–Crippen LogP) is 5.59. The highest BCUT2D eigenvalue weighted by Gasteiger charge is 2.33. The van der Waals surface area contributed by atoms with Crippen LogP contribution in [0, 0.1) is 6.07 Å². The molecule has 2 aromatic carbocycles. The largest absolute Gasteiger partial charge is 0.417 e. The van der Waals surface area contributed by atoms with Crippen LogP contribution in [0.1, 0.15) is 5.56 Å². The fourth-order valence-electron chi connectivity index (χ4n) is 1.60. The van der Waals surface area contributed by atoms with Gasteiger partial charge in [0.15, 0.2) is 0 Å². The van der Waals surface area contributed by atoms with Crippen LogP contribution in [-0.2, 0) is 6.18 Å². The molecular formula is C13H6BrClF3. The van der Waals surface area contributed by atoms with Crippen molar-refractivity contribution in [2.45, 2.75) is 6.18 Å². The average molecular weight is 335 g/mol. The summed E-state index contributed by atoms with van der Waals surface area (Å²) in [6.45, 7) is 0. The van der Waals surface area contributed by atoms with Crippen LogP contribution in [-0.4, -0.2) is 0 Å². The summed E-state index contributed by atoms with van der Waals surface area (Å²) in [5.41, 5.74) is -0.273. The first-order chi connectivity index (χ1) is 8.39. The zero-order valence-electron chi connectivity index (χ0n) is 8.85. The van der Waals surface area contributed by atoms with Crippen molar-refractivity contribution in [3.8, 4) is 11.1 Å². The smallest absolute Gasteiger partial charge is 0.166 e. The van der Waals surface area contributed by atoms with E-state index in [1.54, 1.807) is 18.2 Å². The predicted molar refractivity (Wildman–Crippen MR) is 68.4 cm³/mol. The molecule has 0 N–H and O–H groups in total. The third kappa shape index (κ3) is 2.70. The van der Waals surface area contributed by atoms with Gasteiger partial charge in [0.25, 0.3) is 0 Å². The van der Waals surface area contributed by atoms with Gasteiger partial charge in [0.1, 0.15) is 0 Å². The van der Waals surface area contributed by atoms with E-state index in [2.05, 4.69) is 22.0 Å². The van der Waals surface area contributed by atoms with E-state index >= 15 is 0 Å². The summed E-state index contributed by atoms with van der Waals surface area (Å²) in [7, 11) is 0. The van der Waals surface area contributed by atoms with Gasteiger partial charge in [-0.2, -0.15) is 13.2 Å². The Balaban J connectivity index is 2.64. The summed E-state index contributed by atoms with van der Waals surface area (Å²) in [5, 5.41) is 0.457. The molecule has 0 amide bonds. The van der Waals surface area contributed by atoms with Crippen molar-refractivity contribution in [2.75, 3.05) is 0 Å². The van der Waals surface area contributed by atoms with Crippen molar-refractivity contribution in [3.05, 3.63) is 57.5 Å². The van der Waals surface area contributed by atoms with Crippen molar-refractivity contribution >= 4 is 27.5 Å². The molecule has 0 saturated carbocycles. The Hall–Kier alpha value is -1.000. The van der Waals surface area contributed by atoms with Gasteiger partial charge in [-0.15, -0.1) is 0 Å². The zero-order chi connectivity index (χ0) is 13.3. The summed E-state index contributed by atoms with van der Waals surface area (Å²) >= 11 is 8.99. The van der Waals surface area contributed by atoms with Gasteiger partial charge in [0, 0.05) is 9.50 Å². The van der Waals surface area contributed by atoms with Crippen molar-refractivity contribution in [1.82, 2.24) is 0 Å². The highest BCUT2D eigenvalue weighted by Crippen LogP contribution is 2.39. The molecule has 0 bridgehead atoms. The average Bonchev–Trinajstić information content (AvgIpc) is 2.28. The molecule has 93 valence electrons. The third-order valence-electron chi connectivity index (χ3n) is 2.36. The van der Waals surface area contributed by atoms with Crippen LogP contribution in [0.3, 0.4) is 0 Å². The molecule has 1 radical (unpaired) electrons. The Morgan fingerprint density at radius 3 is 2.44 bits per heavy atom. The lowest BCUT2D eigenvalue weighted by Gasteiger charge is -2.13. The van der Waals surface area contributed by atoms with Gasteiger partial charge in [0.2, 0.25) is 0 Å². The summed E-state index contributed by atoms with van der Waals surface area (Å²) in [6.07, 6.45) is -4.43. The molecule has 2 aromatic rings. The zero-order valence-corrected chi connectivity index (χ0v) is 11.2. The van der Waals surface area contributed by atoms with E-state index in [1.165, 1.54) is 18.2 Å². The standard InChI is InChI=1S/C13H6BrClF3/c14-12-7-8(15)5-6-10(12)9-3-1-2-4-11(9)13(16,17)18/h1-3,5-7H. The number of hydrogen-bond donors (Lipinski definition) is 0. The van der Waals surface area contributed by atoms with Gasteiger partial charge in [0.05, 0.1) is 5.56 Å². The van der Waals surface area contributed by atoms with Crippen LogP contribution in [0.2, 0.25) is 5.02 Å². The molecule has 0 spiro atoms. The molecule has 0 unspecified atom stereocenters. The fourth-order valence-corrected chi connectivity index (χ4v) is 2.50. The van der Waals surface area contributed by atoms with E-state index < -0.39 is 11.7 Å². The maximum absolute atomic E-state index is 12.9. The van der Waals surface area contributed by atoms with Crippen LogP contribution in [0.25, 0.3) is 11.1 Å². The molecule has 0 aliphatic rings. The number of halogens is 5. The number of rotatable bonds is 1. The van der Waals surface area contributed by atoms with E-state index in [0.717, 1.165) is 0 Å². The van der Waals surface area contributed by atoms with Gasteiger partial charge in [-0.1, -0.05) is 51.8 Å². The molecule has 0 nitrogen and oxygen atoms in total. The number of hydrogen-bond acceptors (Lipinski definition) is 0. The lowest BCUT2D eigenvalue weighted by Crippen LogP contribution is -2.07. The maximum atomic E-state index is 12.9. The Kier molecular flexibility index (Phi) is 3.69. The molecule has 0 aliphatic heterocycles. The number of benzene rings is 2. The van der Waals surface area contributed by atoms with Crippen molar-refractivity contribution in [3.63, 3.8) is 0 Å². The van der Waals surface area contributed by atoms with Crippen molar-refractivity contribution < 1.29 is 13.2 Å². The van der Waals surface area contributed by atoms with Crippen LogP contribution in [0.5, 0.6) is 0 Å². The van der Waals surface area contributed by atoms with Gasteiger partial charge < -0.3 is 0 Å². The fraction of sp³-hybridized carbons (Fsp3) is 0.0769. The summed E-state index contributed by atoms with van der Waals surface area (Å²) in [5.74, 6) is 0. The van der Waals surface area contributed by atoms with Crippen LogP contribution in [0.15, 0.2) is 40.9 Å². The molecule has 2 rings (SSSR count). The topological polar surface area (TPSA) is 0 Å².